The molecule has 1 aromatic heterocycles. The highest BCUT2D eigenvalue weighted by molar-refractivity contribution is 6.74. The van der Waals surface area contributed by atoms with Crippen LogP contribution in [0.4, 0.5) is 13.2 Å². The van der Waals surface area contributed by atoms with Gasteiger partial charge in [-0.1, -0.05) is 58.6 Å². The third-order valence-electron chi connectivity index (χ3n) is 11.4. The number of benzene rings is 1. The summed E-state index contributed by atoms with van der Waals surface area (Å²) >= 11 is 0. The molecule has 6 rings (SSSR count). The third kappa shape index (κ3) is 5.63. The minimum Gasteiger partial charge on any atom is -0.410 e. The van der Waals surface area contributed by atoms with E-state index in [-0.39, 0.29) is 22.5 Å². The Balaban J connectivity index is 1.55. The van der Waals surface area contributed by atoms with Crippen molar-refractivity contribution in [3.8, 4) is 0 Å². The van der Waals surface area contributed by atoms with Crippen molar-refractivity contribution in [2.45, 2.75) is 146 Å². The lowest BCUT2D eigenvalue weighted by molar-refractivity contribution is -0.137. The van der Waals surface area contributed by atoms with Crippen molar-refractivity contribution in [1.29, 1.82) is 0 Å². The molecule has 3 nitrogen and oxygen atoms in total. The molecule has 0 saturated heterocycles. The van der Waals surface area contributed by atoms with Gasteiger partial charge in [0.1, 0.15) is 6.10 Å². The molecule has 0 unspecified atom stereocenters. The first-order valence-electron chi connectivity index (χ1n) is 16.3. The van der Waals surface area contributed by atoms with Crippen molar-refractivity contribution in [1.82, 2.24) is 4.98 Å². The second-order valence-corrected chi connectivity index (χ2v) is 20.2. The normalized spacial score (nSPS) is 23.9. The molecule has 0 aliphatic heterocycles. The summed E-state index contributed by atoms with van der Waals surface area (Å²) in [5.41, 5.74) is 5.67. The smallest absolute Gasteiger partial charge is 0.410 e. The Morgan fingerprint density at radius 1 is 0.905 bits per heavy atom. The highest BCUT2D eigenvalue weighted by atomic mass is 28.4. The molecule has 0 amide bonds. The van der Waals surface area contributed by atoms with Crippen molar-refractivity contribution in [3.05, 3.63) is 63.5 Å². The van der Waals surface area contributed by atoms with Gasteiger partial charge in [0.2, 0.25) is 0 Å². The first-order chi connectivity index (χ1) is 19.7. The molecule has 1 N–H and O–H groups in total. The third-order valence-corrected chi connectivity index (χ3v) is 15.9. The lowest BCUT2D eigenvalue weighted by Gasteiger charge is -2.44. The van der Waals surface area contributed by atoms with E-state index in [0.717, 1.165) is 87.6 Å². The van der Waals surface area contributed by atoms with Gasteiger partial charge >= 0.3 is 6.18 Å². The second kappa shape index (κ2) is 10.7. The van der Waals surface area contributed by atoms with Crippen LogP contribution in [-0.4, -0.2) is 18.4 Å². The summed E-state index contributed by atoms with van der Waals surface area (Å²) in [4.78, 5) is 5.50. The highest BCUT2D eigenvalue weighted by Crippen LogP contribution is 2.61. The summed E-state index contributed by atoms with van der Waals surface area (Å²) in [5.74, 6) is 0.603. The van der Waals surface area contributed by atoms with Gasteiger partial charge in [-0.15, -0.1) is 0 Å². The summed E-state index contributed by atoms with van der Waals surface area (Å²) in [5, 5.41) is 12.2. The van der Waals surface area contributed by atoms with Crippen LogP contribution < -0.4 is 0 Å². The van der Waals surface area contributed by atoms with Crippen molar-refractivity contribution in [3.63, 3.8) is 0 Å². The van der Waals surface area contributed by atoms with Gasteiger partial charge in [0.05, 0.1) is 17.4 Å². The lowest BCUT2D eigenvalue weighted by atomic mass is 9.74. The maximum Gasteiger partial charge on any atom is 0.416 e. The molecular formula is C35H48F3NO2Si. The number of alkyl halides is 3. The van der Waals surface area contributed by atoms with Gasteiger partial charge in [-0.25, -0.2) is 0 Å². The standard InChI is InChI=1S/C35H48F3NO2Si/c1-33(2,3)42(4,5)41-27-21-34(18-19-34)20-26-29(27)28(22-10-6-7-11-22)30(31(39-26)23-12-8-9-13-23)32(40)24-14-16-25(17-15-24)35(36,37)38/h14-17,22-23,27,32,40H,6-13,18-21H2,1-5H3/t27-,32-/m0/s1. The summed E-state index contributed by atoms with van der Waals surface area (Å²) in [6.45, 7) is 11.5. The largest absolute Gasteiger partial charge is 0.416 e. The Morgan fingerprint density at radius 2 is 1.48 bits per heavy atom. The predicted octanol–water partition coefficient (Wildman–Crippen LogP) is 10.3. The first-order valence-corrected chi connectivity index (χ1v) is 19.2. The van der Waals surface area contributed by atoms with Gasteiger partial charge in [-0.2, -0.15) is 13.2 Å². The quantitative estimate of drug-likeness (QED) is 0.336. The van der Waals surface area contributed by atoms with Crippen LogP contribution in [0.5, 0.6) is 0 Å². The van der Waals surface area contributed by atoms with E-state index in [4.69, 9.17) is 9.41 Å². The number of aliphatic hydroxyl groups is 1. The Labute approximate surface area is 250 Å². The SMILES string of the molecule is CC(C)(C)[Si](C)(C)O[C@H]1CC2(CC2)Cc2nc(C3CCCC3)c([C@@H](O)c3ccc(C(F)(F)F)cc3)c(C3CCCC3)c21. The van der Waals surface area contributed by atoms with E-state index in [0.29, 0.717) is 11.5 Å². The van der Waals surface area contributed by atoms with Gasteiger partial charge in [0.25, 0.3) is 0 Å². The highest BCUT2D eigenvalue weighted by Gasteiger charge is 2.52. The van der Waals surface area contributed by atoms with E-state index in [2.05, 4.69) is 33.9 Å². The van der Waals surface area contributed by atoms with Crippen LogP contribution in [0.3, 0.4) is 0 Å². The number of aromatic nitrogens is 1. The molecule has 0 radical (unpaired) electrons. The minimum absolute atomic E-state index is 0.0450. The molecule has 4 aliphatic carbocycles. The Morgan fingerprint density at radius 3 is 2.00 bits per heavy atom. The maximum atomic E-state index is 13.4. The number of hydrogen-bond acceptors (Lipinski definition) is 3. The van der Waals surface area contributed by atoms with Gasteiger partial charge < -0.3 is 9.53 Å². The maximum absolute atomic E-state index is 13.4. The van der Waals surface area contributed by atoms with Crippen molar-refractivity contribution < 1.29 is 22.7 Å². The Hall–Kier alpha value is -1.70. The fourth-order valence-corrected chi connectivity index (χ4v) is 9.05. The van der Waals surface area contributed by atoms with Crippen LogP contribution in [0.25, 0.3) is 0 Å². The van der Waals surface area contributed by atoms with Crippen LogP contribution in [0.1, 0.15) is 155 Å². The molecule has 2 atom stereocenters. The lowest BCUT2D eigenvalue weighted by Crippen LogP contribution is -2.43. The van der Waals surface area contributed by atoms with Gasteiger partial charge in [0.15, 0.2) is 8.32 Å². The molecular weight excluding hydrogens is 551 g/mol. The molecule has 3 saturated carbocycles. The van der Waals surface area contributed by atoms with Crippen molar-refractivity contribution in [2.75, 3.05) is 0 Å². The number of pyridine rings is 1. The van der Waals surface area contributed by atoms with Crippen molar-refractivity contribution in [2.24, 2.45) is 5.41 Å². The topological polar surface area (TPSA) is 42.4 Å². The van der Waals surface area contributed by atoms with Crippen molar-refractivity contribution >= 4 is 8.32 Å². The minimum atomic E-state index is -4.41. The summed E-state index contributed by atoms with van der Waals surface area (Å²) in [6.07, 6.45) is 7.85. The molecule has 4 aliphatic rings. The molecule has 1 aromatic carbocycles. The Bertz CT molecular complexity index is 1300. The molecule has 3 fully saturated rings. The zero-order chi connectivity index (χ0) is 30.1. The van der Waals surface area contributed by atoms with Crippen LogP contribution in [-0.2, 0) is 17.0 Å². The summed E-state index contributed by atoms with van der Waals surface area (Å²) in [7, 11) is -2.13. The monoisotopic (exact) mass is 599 g/mol. The molecule has 1 spiro atoms. The number of rotatable bonds is 6. The number of halogens is 3. The number of hydrogen-bond donors (Lipinski definition) is 1. The number of fused-ring (bicyclic) bond motifs is 1. The van der Waals surface area contributed by atoms with Crippen LogP contribution >= 0.6 is 0 Å². The van der Waals surface area contributed by atoms with Gasteiger partial charge in [-0.05, 0) is 104 Å². The molecule has 230 valence electrons. The molecule has 2 aromatic rings. The zero-order valence-corrected chi connectivity index (χ0v) is 27.0. The number of aliphatic hydroxyl groups excluding tert-OH is 1. The van der Waals surface area contributed by atoms with E-state index < -0.39 is 26.2 Å². The summed E-state index contributed by atoms with van der Waals surface area (Å²) in [6, 6.07) is 5.14. The molecule has 7 heteroatoms. The molecule has 0 bridgehead atoms. The van der Waals surface area contributed by atoms with E-state index in [9.17, 15) is 18.3 Å². The first kappa shape index (κ1) is 30.3. The fourth-order valence-electron chi connectivity index (χ4n) is 7.78. The van der Waals surface area contributed by atoms with E-state index in [1.807, 2.05) is 0 Å². The van der Waals surface area contributed by atoms with Crippen LogP contribution in [0, 0.1) is 5.41 Å². The molecule has 42 heavy (non-hydrogen) atoms. The fraction of sp³-hybridized carbons (Fsp3) is 0.686. The molecule has 1 heterocycles. The van der Waals surface area contributed by atoms with Gasteiger partial charge in [0, 0.05) is 22.7 Å². The van der Waals surface area contributed by atoms with E-state index in [1.165, 1.54) is 41.8 Å². The van der Waals surface area contributed by atoms with Crippen LogP contribution in [0.2, 0.25) is 18.1 Å². The average molecular weight is 600 g/mol. The average Bonchev–Trinajstić information content (AvgIpc) is 3.32. The predicted molar refractivity (Wildman–Crippen MR) is 163 cm³/mol. The zero-order valence-electron chi connectivity index (χ0n) is 26.0. The summed E-state index contributed by atoms with van der Waals surface area (Å²) < 4.78 is 47.5. The Kier molecular flexibility index (Phi) is 7.75. The number of nitrogens with zero attached hydrogens (tertiary/aromatic N) is 1. The second-order valence-electron chi connectivity index (χ2n) is 15.4. The van der Waals surface area contributed by atoms with E-state index >= 15 is 0 Å². The van der Waals surface area contributed by atoms with Crippen LogP contribution in [0.15, 0.2) is 24.3 Å². The van der Waals surface area contributed by atoms with Gasteiger partial charge in [-0.3, -0.25) is 4.98 Å². The van der Waals surface area contributed by atoms with E-state index in [1.54, 1.807) is 0 Å².